The standard InChI is InChI=1S/C31H23BN2O/c1-20-18-23(22-12-9-17-29-31(22)33-25-14-6-8-16-28(25)35-29)30-27(19-20)34(21-10-3-2-4-11-21)26-15-7-5-13-24(26)32-30/h2-19,32-33H,1H3. The van der Waals surface area contributed by atoms with E-state index in [-0.39, 0.29) is 0 Å². The van der Waals surface area contributed by atoms with Crippen LogP contribution in [0.15, 0.2) is 109 Å². The Kier molecular flexibility index (Phi) is 4.46. The zero-order valence-corrected chi connectivity index (χ0v) is 19.5. The number of benzene rings is 5. The van der Waals surface area contributed by atoms with Crippen molar-refractivity contribution in [2.75, 3.05) is 10.2 Å². The van der Waals surface area contributed by atoms with Crippen molar-refractivity contribution < 1.29 is 4.74 Å². The van der Waals surface area contributed by atoms with E-state index in [2.05, 4.69) is 102 Å². The van der Waals surface area contributed by atoms with Crippen LogP contribution in [0.2, 0.25) is 0 Å². The Morgan fingerprint density at radius 3 is 2.37 bits per heavy atom. The van der Waals surface area contributed by atoms with Crippen LogP contribution >= 0.6 is 0 Å². The molecule has 0 spiro atoms. The van der Waals surface area contributed by atoms with Gasteiger partial charge in [-0.1, -0.05) is 72.2 Å². The summed E-state index contributed by atoms with van der Waals surface area (Å²) < 4.78 is 6.29. The maximum atomic E-state index is 6.29. The summed E-state index contributed by atoms with van der Waals surface area (Å²) in [5.74, 6) is 1.71. The van der Waals surface area contributed by atoms with Gasteiger partial charge in [0, 0.05) is 22.6 Å². The molecular formula is C31H23BN2O. The van der Waals surface area contributed by atoms with Crippen molar-refractivity contribution in [1.29, 1.82) is 0 Å². The molecule has 0 atom stereocenters. The number of hydrogen-bond acceptors (Lipinski definition) is 3. The first-order valence-electron chi connectivity index (χ1n) is 12.0. The summed E-state index contributed by atoms with van der Waals surface area (Å²) in [6, 6.07) is 38.4. The lowest BCUT2D eigenvalue weighted by Gasteiger charge is -2.35. The van der Waals surface area contributed by atoms with Crippen molar-refractivity contribution >= 4 is 46.6 Å². The molecule has 0 radical (unpaired) electrons. The zero-order valence-electron chi connectivity index (χ0n) is 19.5. The van der Waals surface area contributed by atoms with Gasteiger partial charge in [-0.15, -0.1) is 0 Å². The first-order chi connectivity index (χ1) is 17.3. The van der Waals surface area contributed by atoms with Gasteiger partial charge in [0.05, 0.1) is 11.4 Å². The molecule has 4 heteroatoms. The number of fused-ring (bicyclic) bond motifs is 4. The van der Waals surface area contributed by atoms with E-state index >= 15 is 0 Å². The van der Waals surface area contributed by atoms with Crippen LogP contribution in [0.1, 0.15) is 5.56 Å². The topological polar surface area (TPSA) is 24.5 Å². The lowest BCUT2D eigenvalue weighted by Crippen LogP contribution is -2.41. The number of nitrogens with zero attached hydrogens (tertiary/aromatic N) is 1. The van der Waals surface area contributed by atoms with Gasteiger partial charge in [0.25, 0.3) is 0 Å². The van der Waals surface area contributed by atoms with Gasteiger partial charge >= 0.3 is 0 Å². The lowest BCUT2D eigenvalue weighted by atomic mass is 9.58. The molecule has 166 valence electrons. The van der Waals surface area contributed by atoms with E-state index < -0.39 is 0 Å². The fourth-order valence-corrected chi connectivity index (χ4v) is 5.36. The van der Waals surface area contributed by atoms with Crippen molar-refractivity contribution in [1.82, 2.24) is 0 Å². The van der Waals surface area contributed by atoms with Crippen molar-refractivity contribution in [3.8, 4) is 22.6 Å². The molecule has 1 N–H and O–H groups in total. The first-order valence-corrected chi connectivity index (χ1v) is 12.0. The zero-order chi connectivity index (χ0) is 23.4. The summed E-state index contributed by atoms with van der Waals surface area (Å²) >= 11 is 0. The van der Waals surface area contributed by atoms with Gasteiger partial charge in [-0.25, -0.2) is 0 Å². The highest BCUT2D eigenvalue weighted by molar-refractivity contribution is 6.73. The van der Waals surface area contributed by atoms with Gasteiger partial charge in [0.2, 0.25) is 0 Å². The molecule has 0 aromatic heterocycles. The molecule has 2 heterocycles. The van der Waals surface area contributed by atoms with Crippen LogP contribution in [0.3, 0.4) is 0 Å². The van der Waals surface area contributed by atoms with Crippen LogP contribution in [-0.2, 0) is 0 Å². The fraction of sp³-hybridized carbons (Fsp3) is 0.0323. The molecule has 0 saturated heterocycles. The maximum absolute atomic E-state index is 6.29. The van der Waals surface area contributed by atoms with Gasteiger partial charge in [0.15, 0.2) is 18.8 Å². The number of anilines is 5. The highest BCUT2D eigenvalue weighted by Crippen LogP contribution is 2.47. The smallest absolute Gasteiger partial charge is 0.198 e. The highest BCUT2D eigenvalue weighted by atomic mass is 16.5. The number of nitrogens with one attached hydrogen (secondary N) is 1. The van der Waals surface area contributed by atoms with Crippen molar-refractivity contribution in [2.24, 2.45) is 0 Å². The summed E-state index contributed by atoms with van der Waals surface area (Å²) in [4.78, 5) is 2.40. The second-order valence-electron chi connectivity index (χ2n) is 9.19. The number of para-hydroxylation sites is 5. The van der Waals surface area contributed by atoms with Crippen LogP contribution in [0.25, 0.3) is 11.1 Å². The van der Waals surface area contributed by atoms with Crippen molar-refractivity contribution in [3.63, 3.8) is 0 Å². The Hall–Kier alpha value is -4.44. The minimum Gasteiger partial charge on any atom is -0.453 e. The van der Waals surface area contributed by atoms with Gasteiger partial charge < -0.3 is 15.0 Å². The molecule has 2 aliphatic heterocycles. The Morgan fingerprint density at radius 1 is 0.686 bits per heavy atom. The maximum Gasteiger partial charge on any atom is 0.198 e. The molecule has 2 aliphatic rings. The van der Waals surface area contributed by atoms with E-state index in [1.54, 1.807) is 0 Å². The molecule has 3 nitrogen and oxygen atoms in total. The summed E-state index contributed by atoms with van der Waals surface area (Å²) in [5, 5.41) is 3.66. The molecule has 7 rings (SSSR count). The minimum absolute atomic E-state index is 0.854. The van der Waals surface area contributed by atoms with Gasteiger partial charge in [-0.05, 0) is 66.0 Å². The highest BCUT2D eigenvalue weighted by Gasteiger charge is 2.29. The average Bonchev–Trinajstić information content (AvgIpc) is 2.90. The third-order valence-electron chi connectivity index (χ3n) is 6.91. The molecular weight excluding hydrogens is 427 g/mol. The third-order valence-corrected chi connectivity index (χ3v) is 6.91. The quantitative estimate of drug-likeness (QED) is 0.297. The average molecular weight is 450 g/mol. The van der Waals surface area contributed by atoms with E-state index in [1.807, 2.05) is 24.3 Å². The Bertz CT molecular complexity index is 1600. The summed E-state index contributed by atoms with van der Waals surface area (Å²) in [6.07, 6.45) is 0. The van der Waals surface area contributed by atoms with Crippen LogP contribution in [0.4, 0.5) is 28.4 Å². The summed E-state index contributed by atoms with van der Waals surface area (Å²) in [7, 11) is 0.881. The van der Waals surface area contributed by atoms with E-state index in [9.17, 15) is 0 Å². The van der Waals surface area contributed by atoms with Crippen LogP contribution in [0.5, 0.6) is 11.5 Å². The number of aryl methyl sites for hydroxylation is 1. The number of ether oxygens (including phenoxy) is 1. The SMILES string of the molecule is Cc1cc(-c2cccc3c2Nc2ccccc2O3)c2c(c1)N(c1ccccc1)c1ccccc1B2. The van der Waals surface area contributed by atoms with Crippen LogP contribution in [-0.4, -0.2) is 7.28 Å². The number of hydrogen-bond donors (Lipinski definition) is 1. The molecule has 0 unspecified atom stereocenters. The fourth-order valence-electron chi connectivity index (χ4n) is 5.36. The second kappa shape index (κ2) is 7.81. The number of rotatable bonds is 2. The first kappa shape index (κ1) is 20.0. The Morgan fingerprint density at radius 2 is 1.46 bits per heavy atom. The minimum atomic E-state index is 0.854. The normalized spacial score (nSPS) is 12.8. The van der Waals surface area contributed by atoms with Crippen LogP contribution < -0.4 is 25.9 Å². The molecule has 0 bridgehead atoms. The van der Waals surface area contributed by atoms with E-state index in [4.69, 9.17) is 4.74 Å². The molecule has 5 aromatic carbocycles. The predicted molar refractivity (Wildman–Crippen MR) is 148 cm³/mol. The lowest BCUT2D eigenvalue weighted by molar-refractivity contribution is 0.481. The summed E-state index contributed by atoms with van der Waals surface area (Å²) in [6.45, 7) is 2.18. The largest absolute Gasteiger partial charge is 0.453 e. The summed E-state index contributed by atoms with van der Waals surface area (Å²) in [5.41, 5.74) is 11.9. The van der Waals surface area contributed by atoms with Crippen LogP contribution in [0, 0.1) is 6.92 Å². The van der Waals surface area contributed by atoms with Gasteiger partial charge in [0.1, 0.15) is 0 Å². The van der Waals surface area contributed by atoms with Crippen molar-refractivity contribution in [3.05, 3.63) is 115 Å². The predicted octanol–water partition coefficient (Wildman–Crippen LogP) is 6.68. The molecule has 0 fully saturated rings. The third kappa shape index (κ3) is 3.22. The molecule has 35 heavy (non-hydrogen) atoms. The Balaban J connectivity index is 1.46. The van der Waals surface area contributed by atoms with E-state index in [0.29, 0.717) is 0 Å². The van der Waals surface area contributed by atoms with Gasteiger partial charge in [-0.2, -0.15) is 0 Å². The monoisotopic (exact) mass is 450 g/mol. The van der Waals surface area contributed by atoms with Crippen molar-refractivity contribution in [2.45, 2.75) is 6.92 Å². The molecule has 0 aliphatic carbocycles. The van der Waals surface area contributed by atoms with E-state index in [0.717, 1.165) is 35.7 Å². The van der Waals surface area contributed by atoms with E-state index in [1.165, 1.54) is 39.1 Å². The molecule has 5 aromatic rings. The molecule has 0 amide bonds. The second-order valence-corrected chi connectivity index (χ2v) is 9.19. The molecule has 0 saturated carbocycles. The van der Waals surface area contributed by atoms with Gasteiger partial charge in [-0.3, -0.25) is 0 Å². The Labute approximate surface area is 205 Å².